The minimum absolute atomic E-state index is 0.000403. The third-order valence-electron chi connectivity index (χ3n) is 5.95. The number of hydrogen-bond acceptors (Lipinski definition) is 5. The van der Waals surface area contributed by atoms with Gasteiger partial charge in [-0.05, 0) is 35.8 Å². The van der Waals surface area contributed by atoms with Crippen LogP contribution in [0.3, 0.4) is 0 Å². The Morgan fingerprint density at radius 2 is 1.93 bits per heavy atom. The van der Waals surface area contributed by atoms with Gasteiger partial charge in [0.15, 0.2) is 11.5 Å². The van der Waals surface area contributed by atoms with E-state index in [0.717, 1.165) is 34.4 Å². The molecule has 0 radical (unpaired) electrons. The molecule has 140 valence electrons. The van der Waals surface area contributed by atoms with Gasteiger partial charge in [0.2, 0.25) is 12.7 Å². The monoisotopic (exact) mass is 375 g/mol. The lowest BCUT2D eigenvalue weighted by atomic mass is 9.74. The number of rotatable bonds is 1. The van der Waals surface area contributed by atoms with Crippen LogP contribution < -0.4 is 19.1 Å². The molecule has 2 aromatic rings. The average molecular weight is 375 g/mol. The number of carbonyl (C=O) groups excluding carboxylic acids is 1. The molecule has 0 aliphatic carbocycles. The number of likely N-dealkylation sites (N-methyl/N-ethyl adjacent to an activating group) is 1. The Morgan fingerprint density at radius 3 is 2.75 bits per heavy atom. The molecule has 2 aromatic carbocycles. The van der Waals surface area contributed by atoms with Crippen molar-refractivity contribution >= 4 is 17.2 Å². The van der Waals surface area contributed by atoms with E-state index in [1.54, 1.807) is 17.4 Å². The highest BCUT2D eigenvalue weighted by Gasteiger charge is 2.57. The molecule has 0 fully saturated rings. The lowest BCUT2D eigenvalue weighted by molar-refractivity contribution is -0.121. The average Bonchev–Trinajstić information content (AvgIpc) is 3.40. The van der Waals surface area contributed by atoms with Crippen LogP contribution >= 0.6 is 0 Å². The topological polar surface area (TPSA) is 57.2 Å². The fourth-order valence-corrected chi connectivity index (χ4v) is 4.64. The predicted molar refractivity (Wildman–Crippen MR) is 102 cm³/mol. The molecule has 4 heterocycles. The first-order valence-corrected chi connectivity index (χ1v) is 9.18. The number of fused-ring (bicyclic) bond motifs is 5. The smallest absolute Gasteiger partial charge is 0.245 e. The van der Waals surface area contributed by atoms with E-state index in [2.05, 4.69) is 0 Å². The molecule has 0 N–H and O–H groups in total. The van der Waals surface area contributed by atoms with Gasteiger partial charge in [0.05, 0.1) is 12.5 Å². The van der Waals surface area contributed by atoms with Gasteiger partial charge in [-0.1, -0.05) is 12.1 Å². The zero-order valence-electron chi connectivity index (χ0n) is 15.2. The van der Waals surface area contributed by atoms with Gasteiger partial charge in [-0.15, -0.1) is 0 Å². The van der Waals surface area contributed by atoms with Gasteiger partial charge in [-0.3, -0.25) is 4.79 Å². The predicted octanol–water partition coefficient (Wildman–Crippen LogP) is 3.35. The molecule has 6 rings (SSSR count). The van der Waals surface area contributed by atoms with Crippen molar-refractivity contribution in [2.24, 2.45) is 0 Å². The molecule has 28 heavy (non-hydrogen) atoms. The maximum Gasteiger partial charge on any atom is 0.245 e. The van der Waals surface area contributed by atoms with Crippen LogP contribution in [0, 0.1) is 0 Å². The van der Waals surface area contributed by atoms with E-state index >= 15 is 0 Å². The summed E-state index contributed by atoms with van der Waals surface area (Å²) in [6.45, 7) is 0.430. The van der Waals surface area contributed by atoms with Gasteiger partial charge in [0, 0.05) is 29.9 Å². The van der Waals surface area contributed by atoms with Crippen LogP contribution in [0.1, 0.15) is 23.1 Å². The number of ether oxygens (including phenoxy) is 4. The Labute approximate surface area is 161 Å². The third kappa shape index (κ3) is 1.80. The number of hydrogen-bond donors (Lipinski definition) is 0. The summed E-state index contributed by atoms with van der Waals surface area (Å²) in [5.74, 6) is 1.97. The van der Waals surface area contributed by atoms with Crippen molar-refractivity contribution in [3.05, 3.63) is 65.6 Å². The summed E-state index contributed by atoms with van der Waals surface area (Å²) in [4.78, 5) is 15.3. The van der Waals surface area contributed by atoms with Crippen molar-refractivity contribution in [3.8, 4) is 17.2 Å². The minimum Gasteiger partial charge on any atom is -0.491 e. The molecule has 6 nitrogen and oxygen atoms in total. The molecule has 0 saturated carbocycles. The van der Waals surface area contributed by atoms with Crippen LogP contribution in [0.25, 0.3) is 5.57 Å². The van der Waals surface area contributed by atoms with Gasteiger partial charge in [-0.2, -0.15) is 0 Å². The maximum absolute atomic E-state index is 13.6. The van der Waals surface area contributed by atoms with Crippen LogP contribution in [-0.4, -0.2) is 26.4 Å². The Bertz CT molecular complexity index is 1100. The summed E-state index contributed by atoms with van der Waals surface area (Å²) in [6, 6.07) is 9.73. The van der Waals surface area contributed by atoms with Crippen molar-refractivity contribution in [3.63, 3.8) is 0 Å². The Hall–Kier alpha value is -3.41. The molecular weight excluding hydrogens is 358 g/mol. The highest BCUT2D eigenvalue weighted by atomic mass is 16.7. The van der Waals surface area contributed by atoms with E-state index in [0.29, 0.717) is 17.2 Å². The van der Waals surface area contributed by atoms with Crippen molar-refractivity contribution in [1.82, 2.24) is 0 Å². The molecule has 0 bridgehead atoms. The summed E-state index contributed by atoms with van der Waals surface area (Å²) in [5.41, 5.74) is 3.83. The SMILES string of the molecule is CN1C(=O)C2(COc3cc4c(cc32)OCO4)c2c(C3=COC=CC3)cccc21. The number of allylic oxidation sites excluding steroid dienone is 2. The van der Waals surface area contributed by atoms with E-state index in [9.17, 15) is 4.79 Å². The van der Waals surface area contributed by atoms with Gasteiger partial charge < -0.3 is 23.8 Å². The molecule has 1 spiro atoms. The highest BCUT2D eigenvalue weighted by molar-refractivity contribution is 6.12. The normalized spacial score (nSPS) is 23.4. The Kier molecular flexibility index (Phi) is 2.97. The van der Waals surface area contributed by atoms with Crippen LogP contribution in [0.4, 0.5) is 5.69 Å². The van der Waals surface area contributed by atoms with E-state index in [-0.39, 0.29) is 19.3 Å². The van der Waals surface area contributed by atoms with Crippen molar-refractivity contribution < 1.29 is 23.7 Å². The minimum atomic E-state index is -0.904. The summed E-state index contributed by atoms with van der Waals surface area (Å²) in [7, 11) is 1.82. The number of nitrogens with zero attached hydrogens (tertiary/aromatic N) is 1. The number of amides is 1. The zero-order valence-corrected chi connectivity index (χ0v) is 15.2. The number of carbonyl (C=O) groups is 1. The lowest BCUT2D eigenvalue weighted by Crippen LogP contribution is -2.41. The Balaban J connectivity index is 1.63. The van der Waals surface area contributed by atoms with Crippen LogP contribution in [-0.2, 0) is 14.9 Å². The van der Waals surface area contributed by atoms with E-state index in [1.807, 2.05) is 43.5 Å². The zero-order chi connectivity index (χ0) is 18.9. The van der Waals surface area contributed by atoms with Gasteiger partial charge >= 0.3 is 0 Å². The molecule has 1 amide bonds. The lowest BCUT2D eigenvalue weighted by Gasteiger charge is -2.24. The molecule has 1 unspecified atom stereocenters. The van der Waals surface area contributed by atoms with Gasteiger partial charge in [0.1, 0.15) is 17.8 Å². The number of benzene rings is 2. The van der Waals surface area contributed by atoms with Crippen molar-refractivity contribution in [2.45, 2.75) is 11.8 Å². The molecular formula is C22H17NO5. The molecule has 4 aliphatic heterocycles. The van der Waals surface area contributed by atoms with Crippen LogP contribution in [0.2, 0.25) is 0 Å². The first-order valence-electron chi connectivity index (χ1n) is 9.18. The maximum atomic E-state index is 13.6. The summed E-state index contributed by atoms with van der Waals surface area (Å²) >= 11 is 0. The summed E-state index contributed by atoms with van der Waals surface area (Å²) in [6.07, 6.45) is 6.15. The fraction of sp³-hybridized carbons (Fsp3) is 0.227. The fourth-order valence-electron chi connectivity index (χ4n) is 4.64. The van der Waals surface area contributed by atoms with Crippen LogP contribution in [0.5, 0.6) is 17.2 Å². The first kappa shape index (κ1) is 15.6. The van der Waals surface area contributed by atoms with Crippen molar-refractivity contribution in [1.29, 1.82) is 0 Å². The standard InChI is InChI=1S/C22H17NO5/c1-23-16-6-2-5-14(13-4-3-7-25-10-13)20(16)22(21(23)24)11-26-17-9-19-18(8-15(17)22)27-12-28-19/h2-3,5-10H,4,11-12H2,1H3. The quantitative estimate of drug-likeness (QED) is 0.765. The molecule has 0 saturated heterocycles. The second-order valence-corrected chi connectivity index (χ2v) is 7.31. The molecule has 4 aliphatic rings. The van der Waals surface area contributed by atoms with Gasteiger partial charge in [0.25, 0.3) is 0 Å². The summed E-state index contributed by atoms with van der Waals surface area (Å²) in [5, 5.41) is 0. The van der Waals surface area contributed by atoms with E-state index in [4.69, 9.17) is 18.9 Å². The van der Waals surface area contributed by atoms with E-state index < -0.39 is 5.41 Å². The first-order chi connectivity index (χ1) is 13.7. The Morgan fingerprint density at radius 1 is 1.07 bits per heavy atom. The molecule has 0 aromatic heterocycles. The second-order valence-electron chi connectivity index (χ2n) is 7.31. The third-order valence-corrected chi connectivity index (χ3v) is 5.95. The van der Waals surface area contributed by atoms with Gasteiger partial charge in [-0.25, -0.2) is 0 Å². The molecule has 1 atom stereocenters. The second kappa shape index (κ2) is 5.32. The molecule has 6 heteroatoms. The number of anilines is 1. The summed E-state index contributed by atoms with van der Waals surface area (Å²) < 4.78 is 22.5. The van der Waals surface area contributed by atoms with E-state index in [1.165, 1.54) is 0 Å². The highest BCUT2D eigenvalue weighted by Crippen LogP contribution is 2.56. The van der Waals surface area contributed by atoms with Crippen molar-refractivity contribution in [2.75, 3.05) is 25.3 Å². The van der Waals surface area contributed by atoms with Crippen LogP contribution in [0.15, 0.2) is 48.9 Å². The largest absolute Gasteiger partial charge is 0.491 e.